The third-order valence-electron chi connectivity index (χ3n) is 3.58. The first kappa shape index (κ1) is 29.9. The molecule has 0 saturated heterocycles. The summed E-state index contributed by atoms with van der Waals surface area (Å²) in [6.07, 6.45) is 0. The van der Waals surface area contributed by atoms with E-state index in [0.717, 1.165) is 34.0 Å². The number of hydrogen-bond acceptors (Lipinski definition) is 0. The van der Waals surface area contributed by atoms with Crippen molar-refractivity contribution in [2.75, 3.05) is 0 Å². The Morgan fingerprint density at radius 3 is 0.522 bits per heavy atom. The molecule has 0 aromatic carbocycles. The van der Waals surface area contributed by atoms with Crippen LogP contribution in [0.3, 0.4) is 0 Å². The van der Waals surface area contributed by atoms with E-state index in [4.69, 9.17) is 19.1 Å². The Labute approximate surface area is 167 Å². The molecule has 0 heterocycles. The number of halogens is 2. The van der Waals surface area contributed by atoms with Gasteiger partial charge in [0.2, 0.25) is 0 Å². The van der Waals surface area contributed by atoms with Crippen molar-refractivity contribution < 1.29 is 15.9 Å². The second-order valence-electron chi connectivity index (χ2n) is 7.50. The zero-order chi connectivity index (χ0) is 19.3. The molecule has 0 atom stereocenters. The molecular formula is C18H42Cl2P2Pd. The van der Waals surface area contributed by atoms with Crippen LogP contribution >= 0.6 is 34.9 Å². The zero-order valence-electron chi connectivity index (χ0n) is 17.4. The fourth-order valence-corrected chi connectivity index (χ4v) is 10.7. The molecule has 0 spiro atoms. The van der Waals surface area contributed by atoms with Crippen LogP contribution < -0.4 is 0 Å². The topological polar surface area (TPSA) is 0 Å². The van der Waals surface area contributed by atoms with Crippen molar-refractivity contribution in [2.24, 2.45) is 0 Å². The summed E-state index contributed by atoms with van der Waals surface area (Å²) in [4.78, 5) is 0. The molecule has 0 aliphatic carbocycles. The second kappa shape index (κ2) is 17.5. The molecule has 0 aromatic rings. The van der Waals surface area contributed by atoms with Gasteiger partial charge in [0, 0.05) is 0 Å². The predicted octanol–water partition coefficient (Wildman–Crippen LogP) is 8.76. The molecule has 0 N–H and O–H groups in total. The quantitative estimate of drug-likeness (QED) is 0.254. The van der Waals surface area contributed by atoms with Crippen molar-refractivity contribution in [3.05, 3.63) is 0 Å². The van der Waals surface area contributed by atoms with Crippen LogP contribution in [0.2, 0.25) is 0 Å². The van der Waals surface area contributed by atoms with Gasteiger partial charge < -0.3 is 0 Å². The SMILES string of the molecule is CC(C)P(C(C)C)C(C)C.CC(C)P(C(C)C)C(C)C.[Cl][Pd][Cl]. The van der Waals surface area contributed by atoms with Crippen LogP contribution in [0.4, 0.5) is 0 Å². The van der Waals surface area contributed by atoms with Gasteiger partial charge in [-0.15, -0.1) is 0 Å². The Hall–Kier alpha value is 2.10. The third kappa shape index (κ3) is 17.3. The van der Waals surface area contributed by atoms with E-state index in [1.165, 1.54) is 0 Å². The van der Waals surface area contributed by atoms with Crippen LogP contribution in [0.25, 0.3) is 0 Å². The molecule has 148 valence electrons. The predicted molar refractivity (Wildman–Crippen MR) is 116 cm³/mol. The second-order valence-corrected chi connectivity index (χ2v) is 17.8. The summed E-state index contributed by atoms with van der Waals surface area (Å²) in [7, 11) is 10.2. The summed E-state index contributed by atoms with van der Waals surface area (Å²) in [5.41, 5.74) is 5.39. The monoisotopic (exact) mass is 496 g/mol. The van der Waals surface area contributed by atoms with Crippen molar-refractivity contribution in [1.82, 2.24) is 0 Å². The van der Waals surface area contributed by atoms with Crippen LogP contribution in [0.15, 0.2) is 0 Å². The summed E-state index contributed by atoms with van der Waals surface area (Å²) >= 11 is -0.106. The molecule has 23 heavy (non-hydrogen) atoms. The normalized spacial score (nSPS) is 11.9. The first-order valence-electron chi connectivity index (χ1n) is 8.72. The summed E-state index contributed by atoms with van der Waals surface area (Å²) < 4.78 is 0. The van der Waals surface area contributed by atoms with E-state index in [-0.39, 0.29) is 31.8 Å². The van der Waals surface area contributed by atoms with Gasteiger partial charge in [0.05, 0.1) is 0 Å². The van der Waals surface area contributed by atoms with Gasteiger partial charge in [-0.25, -0.2) is 0 Å². The van der Waals surface area contributed by atoms with Gasteiger partial charge >= 0.3 is 35.0 Å². The van der Waals surface area contributed by atoms with E-state index < -0.39 is 0 Å². The Morgan fingerprint density at radius 2 is 0.522 bits per heavy atom. The molecule has 0 aliphatic heterocycles. The molecule has 0 radical (unpaired) electrons. The van der Waals surface area contributed by atoms with Gasteiger partial charge in [0.1, 0.15) is 0 Å². The zero-order valence-corrected chi connectivity index (χ0v) is 22.3. The van der Waals surface area contributed by atoms with Gasteiger partial charge in [0.15, 0.2) is 0 Å². The summed E-state index contributed by atoms with van der Waals surface area (Å²) in [6.45, 7) is 28.2. The van der Waals surface area contributed by atoms with Crippen molar-refractivity contribution in [2.45, 2.75) is 117 Å². The van der Waals surface area contributed by atoms with Crippen LogP contribution in [-0.2, 0) is 15.9 Å². The molecule has 0 aliphatic rings. The van der Waals surface area contributed by atoms with Gasteiger partial charge in [-0.2, -0.15) is 0 Å². The Kier molecular flexibility index (Phi) is 22.7. The molecule has 0 fully saturated rings. The van der Waals surface area contributed by atoms with Gasteiger partial charge in [-0.05, 0) is 34.0 Å². The van der Waals surface area contributed by atoms with Crippen LogP contribution in [-0.4, -0.2) is 34.0 Å². The van der Waals surface area contributed by atoms with Gasteiger partial charge in [-0.1, -0.05) is 98.9 Å². The number of rotatable bonds is 6. The first-order chi connectivity index (χ1) is 10.3. The van der Waals surface area contributed by atoms with Crippen molar-refractivity contribution in [3.63, 3.8) is 0 Å². The molecule has 0 unspecified atom stereocenters. The average Bonchev–Trinajstić information content (AvgIpc) is 2.26. The van der Waals surface area contributed by atoms with E-state index in [1.54, 1.807) is 0 Å². The minimum absolute atomic E-state index is 0.106. The minimum atomic E-state index is -0.106. The molecule has 0 saturated carbocycles. The van der Waals surface area contributed by atoms with E-state index in [9.17, 15) is 0 Å². The van der Waals surface area contributed by atoms with Crippen LogP contribution in [0.5, 0.6) is 0 Å². The van der Waals surface area contributed by atoms with E-state index in [0.29, 0.717) is 0 Å². The molecule has 0 bridgehead atoms. The summed E-state index contributed by atoms with van der Waals surface area (Å²) in [5, 5.41) is 0. The fraction of sp³-hybridized carbons (Fsp3) is 1.00. The summed E-state index contributed by atoms with van der Waals surface area (Å²) in [5.74, 6) is 0. The van der Waals surface area contributed by atoms with Crippen LogP contribution in [0, 0.1) is 0 Å². The molecule has 0 amide bonds. The standard InChI is InChI=1S/2C9H21P.2ClH.Pd/c2*1-7(2)10(8(3)4)9(5)6;;;/h2*7-9H,1-6H3;2*1H;/q;;;;+2/p-2. The van der Waals surface area contributed by atoms with Crippen molar-refractivity contribution in [1.29, 1.82) is 0 Å². The fourth-order valence-electron chi connectivity index (χ4n) is 3.58. The van der Waals surface area contributed by atoms with Crippen molar-refractivity contribution in [3.8, 4) is 0 Å². The van der Waals surface area contributed by atoms with E-state index >= 15 is 0 Å². The average molecular weight is 498 g/mol. The van der Waals surface area contributed by atoms with Gasteiger partial charge in [0.25, 0.3) is 0 Å². The maximum atomic E-state index is 4.81. The Balaban J connectivity index is -0.000000297. The maximum absolute atomic E-state index is 4.81. The molecule has 5 heteroatoms. The molecule has 0 aromatic heterocycles. The third-order valence-corrected chi connectivity index (χ3v) is 10.7. The summed E-state index contributed by atoms with van der Waals surface area (Å²) in [6, 6.07) is 0. The van der Waals surface area contributed by atoms with E-state index in [2.05, 4.69) is 83.1 Å². The van der Waals surface area contributed by atoms with E-state index in [1.807, 2.05) is 0 Å². The molecular weight excluding hydrogens is 455 g/mol. The Morgan fingerprint density at radius 1 is 0.435 bits per heavy atom. The van der Waals surface area contributed by atoms with Crippen molar-refractivity contribution >= 4 is 34.9 Å². The first-order valence-corrected chi connectivity index (χ1v) is 15.8. The molecule has 0 rings (SSSR count). The van der Waals surface area contributed by atoms with Crippen LogP contribution in [0.1, 0.15) is 83.1 Å². The van der Waals surface area contributed by atoms with Gasteiger partial charge in [-0.3, -0.25) is 0 Å². The molecule has 0 nitrogen and oxygen atoms in total. The Bertz CT molecular complexity index is 183. The number of hydrogen-bond donors (Lipinski definition) is 0.